The van der Waals surface area contributed by atoms with Gasteiger partial charge in [-0.15, -0.1) is 0 Å². The van der Waals surface area contributed by atoms with Crippen LogP contribution in [-0.2, 0) is 19.2 Å². The van der Waals surface area contributed by atoms with E-state index in [4.69, 9.17) is 0 Å². The zero-order valence-electron chi connectivity index (χ0n) is 14.0. The molecule has 8 heteroatoms. The third-order valence-corrected chi connectivity index (χ3v) is 5.31. The van der Waals surface area contributed by atoms with Crippen molar-refractivity contribution < 1.29 is 39.6 Å². The number of rotatable bonds is 8. The smallest absolute Gasteiger partial charge is 0.320 e. The lowest BCUT2D eigenvalue weighted by Crippen LogP contribution is -2.41. The number of carboxylic acid groups (broad SMARTS) is 4. The Labute approximate surface area is 139 Å². The zero-order valence-corrected chi connectivity index (χ0v) is 14.0. The van der Waals surface area contributed by atoms with Crippen molar-refractivity contribution in [3.8, 4) is 0 Å². The zero-order chi connectivity index (χ0) is 18.9. The molecule has 24 heavy (non-hydrogen) atoms. The third kappa shape index (κ3) is 3.68. The molecule has 136 valence electrons. The molecule has 0 heterocycles. The topological polar surface area (TPSA) is 149 Å². The van der Waals surface area contributed by atoms with E-state index in [1.165, 1.54) is 0 Å². The molecular weight excluding hydrogens is 320 g/mol. The van der Waals surface area contributed by atoms with Crippen LogP contribution < -0.4 is 0 Å². The van der Waals surface area contributed by atoms with E-state index in [9.17, 15) is 39.6 Å². The predicted molar refractivity (Wildman–Crippen MR) is 81.4 cm³/mol. The lowest BCUT2D eigenvalue weighted by molar-refractivity contribution is -0.168. The monoisotopic (exact) mass is 344 g/mol. The van der Waals surface area contributed by atoms with Gasteiger partial charge >= 0.3 is 23.9 Å². The summed E-state index contributed by atoms with van der Waals surface area (Å²) in [5, 5.41) is 37.0. The molecule has 0 spiro atoms. The molecule has 0 aromatic rings. The molecule has 1 saturated carbocycles. The fourth-order valence-electron chi connectivity index (χ4n) is 3.60. The first-order valence-electron chi connectivity index (χ1n) is 7.78. The summed E-state index contributed by atoms with van der Waals surface area (Å²) < 4.78 is 0. The highest BCUT2D eigenvalue weighted by Crippen LogP contribution is 2.47. The van der Waals surface area contributed by atoms with Crippen LogP contribution in [0, 0.1) is 28.6 Å². The van der Waals surface area contributed by atoms with E-state index in [1.807, 2.05) is 6.92 Å². The number of aliphatic carboxylic acids is 4. The number of carboxylic acids is 4. The minimum Gasteiger partial charge on any atom is -0.480 e. The van der Waals surface area contributed by atoms with Crippen LogP contribution in [0.3, 0.4) is 0 Å². The van der Waals surface area contributed by atoms with Crippen LogP contribution in [-0.4, -0.2) is 44.3 Å². The van der Waals surface area contributed by atoms with E-state index < -0.39 is 34.7 Å². The normalized spacial score (nSPS) is 24.5. The number of hydrogen-bond donors (Lipinski definition) is 4. The van der Waals surface area contributed by atoms with Gasteiger partial charge in [-0.05, 0) is 57.3 Å². The summed E-state index contributed by atoms with van der Waals surface area (Å²) in [6, 6.07) is 0. The van der Waals surface area contributed by atoms with Gasteiger partial charge < -0.3 is 20.4 Å². The second kappa shape index (κ2) is 6.78. The summed E-state index contributed by atoms with van der Waals surface area (Å²) in [6.07, 6.45) is 0.802. The van der Waals surface area contributed by atoms with Crippen LogP contribution in [0.15, 0.2) is 0 Å². The lowest BCUT2D eigenvalue weighted by atomic mass is 9.72. The van der Waals surface area contributed by atoms with Gasteiger partial charge in [0.05, 0.1) is 0 Å². The van der Waals surface area contributed by atoms with Gasteiger partial charge in [-0.25, -0.2) is 0 Å². The van der Waals surface area contributed by atoms with Crippen molar-refractivity contribution in [2.45, 2.75) is 46.5 Å². The van der Waals surface area contributed by atoms with Gasteiger partial charge in [0, 0.05) is 0 Å². The lowest BCUT2D eigenvalue weighted by Gasteiger charge is -2.30. The van der Waals surface area contributed by atoms with Gasteiger partial charge in [0.2, 0.25) is 0 Å². The maximum atomic E-state index is 11.4. The molecule has 0 amide bonds. The SMILES string of the molecule is CC1CC(CC(C)(C(=O)O)C(=O)O)C(CC(C)(C(=O)O)C(=O)O)C1. The molecule has 8 nitrogen and oxygen atoms in total. The maximum absolute atomic E-state index is 11.4. The molecule has 0 aromatic heterocycles. The Bertz CT molecular complexity index is 476. The van der Waals surface area contributed by atoms with Gasteiger partial charge in [-0.2, -0.15) is 0 Å². The highest BCUT2D eigenvalue weighted by molar-refractivity contribution is 5.98. The summed E-state index contributed by atoms with van der Waals surface area (Å²) in [5.74, 6) is -6.36. The summed E-state index contributed by atoms with van der Waals surface area (Å²) in [4.78, 5) is 45.5. The second-order valence-corrected chi connectivity index (χ2v) is 7.39. The van der Waals surface area contributed by atoms with Gasteiger partial charge in [-0.3, -0.25) is 19.2 Å². The van der Waals surface area contributed by atoms with E-state index in [0.29, 0.717) is 12.8 Å². The Kier molecular flexibility index (Phi) is 5.63. The van der Waals surface area contributed by atoms with Crippen LogP contribution in [0.25, 0.3) is 0 Å². The average Bonchev–Trinajstić information content (AvgIpc) is 2.76. The molecule has 0 radical (unpaired) electrons. The molecule has 1 aliphatic carbocycles. The Morgan fingerprint density at radius 3 is 1.21 bits per heavy atom. The number of carbonyl (C=O) groups is 4. The van der Waals surface area contributed by atoms with Crippen LogP contribution in [0.1, 0.15) is 46.5 Å². The van der Waals surface area contributed by atoms with Crippen molar-refractivity contribution in [3.63, 3.8) is 0 Å². The first-order chi connectivity index (χ1) is 10.8. The summed E-state index contributed by atoms with van der Waals surface area (Å²) in [7, 11) is 0. The molecule has 0 bridgehead atoms. The molecule has 0 aromatic carbocycles. The molecule has 2 atom stereocenters. The highest BCUT2D eigenvalue weighted by atomic mass is 16.4. The Balaban J connectivity index is 3.06. The number of hydrogen-bond acceptors (Lipinski definition) is 4. The first-order valence-corrected chi connectivity index (χ1v) is 7.78. The molecule has 2 unspecified atom stereocenters. The van der Waals surface area contributed by atoms with Crippen molar-refractivity contribution in [1.82, 2.24) is 0 Å². The minimum absolute atomic E-state index is 0.151. The van der Waals surface area contributed by atoms with Gasteiger partial charge in [0.25, 0.3) is 0 Å². The van der Waals surface area contributed by atoms with Gasteiger partial charge in [0.15, 0.2) is 10.8 Å². The van der Waals surface area contributed by atoms with E-state index in [2.05, 4.69) is 0 Å². The Hall–Kier alpha value is -2.12. The van der Waals surface area contributed by atoms with Gasteiger partial charge in [0.1, 0.15) is 0 Å². The quantitative estimate of drug-likeness (QED) is 0.487. The van der Waals surface area contributed by atoms with E-state index in [-0.39, 0.29) is 30.6 Å². The van der Waals surface area contributed by atoms with E-state index in [0.717, 1.165) is 13.8 Å². The van der Waals surface area contributed by atoms with Crippen molar-refractivity contribution in [2.75, 3.05) is 0 Å². The predicted octanol–water partition coefficient (Wildman–Crippen LogP) is 1.78. The summed E-state index contributed by atoms with van der Waals surface area (Å²) >= 11 is 0. The molecule has 1 aliphatic rings. The van der Waals surface area contributed by atoms with Crippen molar-refractivity contribution in [1.29, 1.82) is 0 Å². The highest BCUT2D eigenvalue weighted by Gasteiger charge is 2.50. The molecule has 0 aliphatic heterocycles. The van der Waals surface area contributed by atoms with Gasteiger partial charge in [-0.1, -0.05) is 6.92 Å². The van der Waals surface area contributed by atoms with E-state index in [1.54, 1.807) is 0 Å². The minimum atomic E-state index is -1.98. The van der Waals surface area contributed by atoms with E-state index >= 15 is 0 Å². The van der Waals surface area contributed by atoms with Crippen LogP contribution in [0.5, 0.6) is 0 Å². The standard InChI is InChI=1S/C16H24O8/c1-8-4-9(6-15(2,11(17)18)12(19)20)10(5-8)7-16(3,13(21)22)14(23)24/h8-10H,4-7H2,1-3H3,(H,17,18)(H,19,20)(H,21,22)(H,23,24). The maximum Gasteiger partial charge on any atom is 0.320 e. The largest absolute Gasteiger partial charge is 0.480 e. The molecule has 4 N–H and O–H groups in total. The second-order valence-electron chi connectivity index (χ2n) is 7.39. The fourth-order valence-corrected chi connectivity index (χ4v) is 3.60. The van der Waals surface area contributed by atoms with Crippen molar-refractivity contribution >= 4 is 23.9 Å². The third-order valence-electron chi connectivity index (χ3n) is 5.31. The average molecular weight is 344 g/mol. The summed E-state index contributed by atoms with van der Waals surface area (Å²) in [5.41, 5.74) is -3.95. The Morgan fingerprint density at radius 2 is 1.00 bits per heavy atom. The van der Waals surface area contributed by atoms with Crippen molar-refractivity contribution in [3.05, 3.63) is 0 Å². The van der Waals surface area contributed by atoms with Crippen LogP contribution in [0.2, 0.25) is 0 Å². The summed E-state index contributed by atoms with van der Waals surface area (Å²) in [6.45, 7) is 4.17. The molecule has 0 saturated heterocycles. The Morgan fingerprint density at radius 1 is 0.750 bits per heavy atom. The molecule has 1 fully saturated rings. The van der Waals surface area contributed by atoms with Crippen LogP contribution >= 0.6 is 0 Å². The fraction of sp³-hybridized carbons (Fsp3) is 0.750. The first kappa shape index (κ1) is 19.9. The molecule has 1 rings (SSSR count). The van der Waals surface area contributed by atoms with Crippen LogP contribution in [0.4, 0.5) is 0 Å². The van der Waals surface area contributed by atoms with Crippen molar-refractivity contribution in [2.24, 2.45) is 28.6 Å². The molecular formula is C16H24O8.